The molecule has 1 unspecified atom stereocenters. The fourth-order valence-corrected chi connectivity index (χ4v) is 2.85. The van der Waals surface area contributed by atoms with Crippen LogP contribution in [0.1, 0.15) is 16.5 Å². The van der Waals surface area contributed by atoms with Gasteiger partial charge in [-0.05, 0) is 18.6 Å². The average molecular weight is 224 g/mol. The van der Waals surface area contributed by atoms with Crippen LogP contribution >= 0.6 is 11.8 Å². The predicted molar refractivity (Wildman–Crippen MR) is 58.7 cm³/mol. The van der Waals surface area contributed by atoms with Crippen LogP contribution in [0.3, 0.4) is 0 Å². The van der Waals surface area contributed by atoms with Crippen LogP contribution in [-0.4, -0.2) is 27.9 Å². The number of nitrogens with zero attached hydrogens (tertiary/aromatic N) is 1. The molecule has 0 aromatic carbocycles. The Balaban J connectivity index is 2.14. The lowest BCUT2D eigenvalue weighted by Crippen LogP contribution is -2.33. The topological polar surface area (TPSA) is 62.2 Å². The Kier molecular flexibility index (Phi) is 2.93. The highest BCUT2D eigenvalue weighted by Gasteiger charge is 2.30. The summed E-state index contributed by atoms with van der Waals surface area (Å²) in [6.07, 6.45) is 3.54. The first-order valence-corrected chi connectivity index (χ1v) is 5.74. The molecule has 2 rings (SSSR count). The largest absolute Gasteiger partial charge is 0.480 e. The molecule has 2 atom stereocenters. The molecule has 0 spiro atoms. The molecule has 2 N–H and O–H groups in total. The highest BCUT2D eigenvalue weighted by atomic mass is 32.2. The van der Waals surface area contributed by atoms with E-state index in [1.807, 2.05) is 13.0 Å². The van der Waals surface area contributed by atoms with E-state index in [0.29, 0.717) is 5.75 Å². The van der Waals surface area contributed by atoms with Crippen molar-refractivity contribution in [1.82, 2.24) is 10.3 Å². The van der Waals surface area contributed by atoms with E-state index in [9.17, 15) is 4.79 Å². The summed E-state index contributed by atoms with van der Waals surface area (Å²) in [4.78, 5) is 14.8. The van der Waals surface area contributed by atoms with Crippen molar-refractivity contribution in [2.75, 3.05) is 5.75 Å². The Labute approximate surface area is 92.1 Å². The predicted octanol–water partition coefficient (Wildman–Crippen LogP) is 1.18. The third-order valence-electron chi connectivity index (χ3n) is 2.44. The molecule has 0 bridgehead atoms. The van der Waals surface area contributed by atoms with Gasteiger partial charge < -0.3 is 5.11 Å². The number of aryl methyl sites for hydroxylation is 1. The van der Waals surface area contributed by atoms with Crippen LogP contribution in [-0.2, 0) is 4.79 Å². The van der Waals surface area contributed by atoms with E-state index in [-0.39, 0.29) is 5.37 Å². The van der Waals surface area contributed by atoms with E-state index in [4.69, 9.17) is 5.11 Å². The number of carboxylic acids is 1. The number of thioether (sulfide) groups is 1. The Morgan fingerprint density at radius 3 is 3.13 bits per heavy atom. The second kappa shape index (κ2) is 4.20. The second-order valence-corrected chi connectivity index (χ2v) is 4.64. The Bertz CT molecular complexity index is 383. The zero-order valence-electron chi connectivity index (χ0n) is 8.30. The van der Waals surface area contributed by atoms with E-state index in [1.54, 1.807) is 24.2 Å². The summed E-state index contributed by atoms with van der Waals surface area (Å²) >= 11 is 1.61. The molecule has 0 radical (unpaired) electrons. The fraction of sp³-hybridized carbons (Fsp3) is 0.400. The van der Waals surface area contributed by atoms with Crippen LogP contribution in [0.4, 0.5) is 0 Å². The molecule has 1 aromatic heterocycles. The van der Waals surface area contributed by atoms with E-state index in [2.05, 4.69) is 10.3 Å². The zero-order chi connectivity index (χ0) is 10.8. The molecule has 1 fully saturated rings. The van der Waals surface area contributed by atoms with Crippen molar-refractivity contribution in [3.05, 3.63) is 29.6 Å². The van der Waals surface area contributed by atoms with Gasteiger partial charge in [0.1, 0.15) is 6.04 Å². The molecule has 0 aliphatic carbocycles. The number of aliphatic carboxylic acids is 1. The summed E-state index contributed by atoms with van der Waals surface area (Å²) in [7, 11) is 0. The van der Waals surface area contributed by atoms with Crippen molar-refractivity contribution < 1.29 is 9.90 Å². The van der Waals surface area contributed by atoms with Crippen LogP contribution in [0.5, 0.6) is 0 Å². The molecule has 80 valence electrons. The number of aromatic nitrogens is 1. The van der Waals surface area contributed by atoms with Crippen molar-refractivity contribution >= 4 is 17.7 Å². The van der Waals surface area contributed by atoms with E-state index in [1.165, 1.54) is 0 Å². The summed E-state index contributed by atoms with van der Waals surface area (Å²) in [5.74, 6) is -0.180. The SMILES string of the molecule is Cc1ccncc1C1N[C@H](C(=O)O)CS1. The Morgan fingerprint density at radius 2 is 2.53 bits per heavy atom. The summed E-state index contributed by atoms with van der Waals surface area (Å²) in [5.41, 5.74) is 2.22. The third kappa shape index (κ3) is 2.13. The first-order chi connectivity index (χ1) is 7.18. The first kappa shape index (κ1) is 10.4. The molecule has 0 saturated carbocycles. The summed E-state index contributed by atoms with van der Waals surface area (Å²) in [5, 5.41) is 12.0. The first-order valence-electron chi connectivity index (χ1n) is 4.69. The molecular formula is C10H12N2O2S. The Hall–Kier alpha value is -1.07. The number of rotatable bonds is 2. The van der Waals surface area contributed by atoms with Gasteiger partial charge in [-0.1, -0.05) is 0 Å². The van der Waals surface area contributed by atoms with Crippen molar-refractivity contribution in [2.45, 2.75) is 18.3 Å². The maximum absolute atomic E-state index is 10.8. The van der Waals surface area contributed by atoms with Crippen molar-refractivity contribution in [3.8, 4) is 0 Å². The molecule has 0 amide bonds. The van der Waals surface area contributed by atoms with Gasteiger partial charge in [-0.15, -0.1) is 11.8 Å². The number of nitrogens with one attached hydrogen (secondary N) is 1. The molecule has 4 nitrogen and oxygen atoms in total. The van der Waals surface area contributed by atoms with Crippen molar-refractivity contribution in [2.24, 2.45) is 0 Å². The minimum Gasteiger partial charge on any atom is -0.480 e. The van der Waals surface area contributed by atoms with E-state index in [0.717, 1.165) is 11.1 Å². The smallest absolute Gasteiger partial charge is 0.321 e. The monoisotopic (exact) mass is 224 g/mol. The number of carboxylic acid groups (broad SMARTS) is 1. The summed E-state index contributed by atoms with van der Waals surface area (Å²) in [6.45, 7) is 2.01. The van der Waals surface area contributed by atoms with Gasteiger partial charge in [0.25, 0.3) is 0 Å². The zero-order valence-corrected chi connectivity index (χ0v) is 9.12. The normalized spacial score (nSPS) is 25.4. The van der Waals surface area contributed by atoms with Gasteiger partial charge in [0, 0.05) is 23.7 Å². The van der Waals surface area contributed by atoms with Gasteiger partial charge in [-0.2, -0.15) is 0 Å². The maximum Gasteiger partial charge on any atom is 0.321 e. The summed E-state index contributed by atoms with van der Waals surface area (Å²) in [6, 6.07) is 1.49. The van der Waals surface area contributed by atoms with Gasteiger partial charge in [0.2, 0.25) is 0 Å². The lowest BCUT2D eigenvalue weighted by Gasteiger charge is -2.12. The van der Waals surface area contributed by atoms with Crippen LogP contribution in [0.15, 0.2) is 18.5 Å². The minimum absolute atomic E-state index is 0.0554. The number of pyridine rings is 1. The highest BCUT2D eigenvalue weighted by molar-refractivity contribution is 7.99. The van der Waals surface area contributed by atoms with Gasteiger partial charge in [-0.3, -0.25) is 15.1 Å². The van der Waals surface area contributed by atoms with Crippen molar-refractivity contribution in [3.63, 3.8) is 0 Å². The van der Waals surface area contributed by atoms with Crippen LogP contribution in [0.2, 0.25) is 0 Å². The van der Waals surface area contributed by atoms with E-state index >= 15 is 0 Å². The molecule has 5 heteroatoms. The molecule has 2 heterocycles. The maximum atomic E-state index is 10.8. The van der Waals surface area contributed by atoms with E-state index < -0.39 is 12.0 Å². The van der Waals surface area contributed by atoms with Crippen LogP contribution in [0.25, 0.3) is 0 Å². The average Bonchev–Trinajstić information content (AvgIpc) is 2.67. The standard InChI is InChI=1S/C10H12N2O2S/c1-6-2-3-11-4-7(6)9-12-8(5-15-9)10(13)14/h2-4,8-9,12H,5H2,1H3,(H,13,14)/t8-,9?/m0/s1. The number of hydrogen-bond acceptors (Lipinski definition) is 4. The Morgan fingerprint density at radius 1 is 1.73 bits per heavy atom. The second-order valence-electron chi connectivity index (χ2n) is 3.50. The molecular weight excluding hydrogens is 212 g/mol. The molecule has 15 heavy (non-hydrogen) atoms. The molecule has 1 aliphatic heterocycles. The molecule has 1 saturated heterocycles. The van der Waals surface area contributed by atoms with Gasteiger partial charge >= 0.3 is 5.97 Å². The lowest BCUT2D eigenvalue weighted by atomic mass is 10.1. The van der Waals surface area contributed by atoms with Crippen LogP contribution < -0.4 is 5.32 Å². The fourth-order valence-electron chi connectivity index (χ4n) is 1.54. The molecule has 1 aliphatic rings. The lowest BCUT2D eigenvalue weighted by molar-refractivity contribution is -0.138. The quantitative estimate of drug-likeness (QED) is 0.789. The number of hydrogen-bond donors (Lipinski definition) is 2. The van der Waals surface area contributed by atoms with Gasteiger partial charge in [0.15, 0.2) is 0 Å². The van der Waals surface area contributed by atoms with Crippen LogP contribution in [0, 0.1) is 6.92 Å². The number of carbonyl (C=O) groups is 1. The van der Waals surface area contributed by atoms with Gasteiger partial charge in [0.05, 0.1) is 5.37 Å². The third-order valence-corrected chi connectivity index (χ3v) is 3.69. The minimum atomic E-state index is -0.786. The molecule has 1 aromatic rings. The highest BCUT2D eigenvalue weighted by Crippen LogP contribution is 2.33. The summed E-state index contributed by atoms with van der Waals surface area (Å²) < 4.78 is 0. The van der Waals surface area contributed by atoms with Crippen molar-refractivity contribution in [1.29, 1.82) is 0 Å². The van der Waals surface area contributed by atoms with Gasteiger partial charge in [-0.25, -0.2) is 0 Å².